The fraction of sp³-hybridized carbons (Fsp3) is 0.444. The highest BCUT2D eigenvalue weighted by atomic mass is 16.3. The predicted octanol–water partition coefficient (Wildman–Crippen LogP) is 0.847. The fourth-order valence-electron chi connectivity index (χ4n) is 3.69. The van der Waals surface area contributed by atoms with Crippen LogP contribution in [0.3, 0.4) is 0 Å². The number of aryl methyl sites for hydroxylation is 1. The number of fused-ring (bicyclic) bond motifs is 1. The number of amides is 1. The number of carbonyl (C=O) groups excluding carboxylic acids is 1. The zero-order valence-corrected chi connectivity index (χ0v) is 13.6. The van der Waals surface area contributed by atoms with E-state index in [1.54, 1.807) is 0 Å². The maximum absolute atomic E-state index is 12.9. The molecule has 2 atom stereocenters. The van der Waals surface area contributed by atoms with Crippen molar-refractivity contribution in [1.29, 1.82) is 0 Å². The van der Waals surface area contributed by atoms with E-state index in [-0.39, 0.29) is 19.0 Å². The molecule has 1 saturated heterocycles. The highest BCUT2D eigenvalue weighted by Crippen LogP contribution is 2.30. The molecule has 2 aliphatic rings. The summed E-state index contributed by atoms with van der Waals surface area (Å²) in [6, 6.07) is 8.01. The summed E-state index contributed by atoms with van der Waals surface area (Å²) in [5.74, 6) is -0.198. The number of hydrogen-bond acceptors (Lipinski definition) is 4. The van der Waals surface area contributed by atoms with E-state index in [4.69, 9.17) is 0 Å². The molecule has 0 bridgehead atoms. The van der Waals surface area contributed by atoms with Gasteiger partial charge in [-0.25, -0.2) is 4.68 Å². The summed E-state index contributed by atoms with van der Waals surface area (Å²) < 4.78 is 1.90. The number of aromatic nitrogens is 2. The van der Waals surface area contributed by atoms with Gasteiger partial charge in [-0.1, -0.05) is 18.2 Å². The predicted molar refractivity (Wildman–Crippen MR) is 88.2 cm³/mol. The second-order valence-electron chi connectivity index (χ2n) is 6.67. The van der Waals surface area contributed by atoms with Crippen LogP contribution in [0.25, 0.3) is 5.69 Å². The van der Waals surface area contributed by atoms with Crippen molar-refractivity contribution in [3.05, 3.63) is 46.8 Å². The minimum Gasteiger partial charge on any atom is -0.388 e. The first-order chi connectivity index (χ1) is 11.6. The van der Waals surface area contributed by atoms with E-state index in [2.05, 4.69) is 5.10 Å². The third kappa shape index (κ3) is 2.34. The van der Waals surface area contributed by atoms with E-state index in [0.717, 1.165) is 41.8 Å². The van der Waals surface area contributed by atoms with Crippen LogP contribution in [0.15, 0.2) is 24.3 Å². The smallest absolute Gasteiger partial charge is 0.274 e. The number of benzene rings is 1. The van der Waals surface area contributed by atoms with Crippen molar-refractivity contribution in [2.75, 3.05) is 13.1 Å². The Hall–Kier alpha value is -2.18. The first kappa shape index (κ1) is 15.4. The Morgan fingerprint density at radius 3 is 2.58 bits per heavy atom. The average Bonchev–Trinajstić information content (AvgIpc) is 3.24. The van der Waals surface area contributed by atoms with Crippen LogP contribution in [0.5, 0.6) is 0 Å². The van der Waals surface area contributed by atoms with Crippen molar-refractivity contribution in [2.24, 2.45) is 0 Å². The van der Waals surface area contributed by atoms with Crippen LogP contribution in [0.2, 0.25) is 0 Å². The molecule has 24 heavy (non-hydrogen) atoms. The molecule has 1 aliphatic carbocycles. The van der Waals surface area contributed by atoms with Gasteiger partial charge in [0.15, 0.2) is 5.69 Å². The zero-order valence-electron chi connectivity index (χ0n) is 13.6. The second-order valence-corrected chi connectivity index (χ2v) is 6.67. The van der Waals surface area contributed by atoms with Gasteiger partial charge in [0, 0.05) is 24.3 Å². The largest absolute Gasteiger partial charge is 0.388 e. The van der Waals surface area contributed by atoms with Gasteiger partial charge in [0.1, 0.15) is 0 Å². The fourth-order valence-corrected chi connectivity index (χ4v) is 3.69. The number of β-amino-alcohol motifs (C(OH)–C–C–N with tert-alkyl or cyclic N) is 2. The van der Waals surface area contributed by atoms with E-state index >= 15 is 0 Å². The van der Waals surface area contributed by atoms with Gasteiger partial charge in [0.25, 0.3) is 5.91 Å². The third-order valence-electron chi connectivity index (χ3n) is 5.02. The molecule has 1 aliphatic heterocycles. The molecule has 2 N–H and O–H groups in total. The molecular formula is C18H21N3O3. The Labute approximate surface area is 140 Å². The molecule has 2 aromatic rings. The number of hydrogen-bond donors (Lipinski definition) is 2. The van der Waals surface area contributed by atoms with E-state index < -0.39 is 12.2 Å². The molecule has 0 radical (unpaired) electrons. The highest BCUT2D eigenvalue weighted by molar-refractivity contribution is 5.94. The summed E-state index contributed by atoms with van der Waals surface area (Å²) in [6.07, 6.45) is 1.03. The lowest BCUT2D eigenvalue weighted by molar-refractivity contribution is 0.0572. The van der Waals surface area contributed by atoms with Gasteiger partial charge in [-0.2, -0.15) is 5.10 Å². The Morgan fingerprint density at radius 2 is 1.88 bits per heavy atom. The molecule has 2 heterocycles. The molecular weight excluding hydrogens is 306 g/mol. The number of nitrogens with zero attached hydrogens (tertiary/aromatic N) is 3. The maximum atomic E-state index is 12.9. The SMILES string of the molecule is Cc1ccccc1-n1nc(C(=O)N2CC(O)C(O)C2)c2c1CCC2. The average molecular weight is 327 g/mol. The van der Waals surface area contributed by atoms with Crippen LogP contribution in [0.4, 0.5) is 0 Å². The maximum Gasteiger partial charge on any atom is 0.274 e. The van der Waals surface area contributed by atoms with Crippen LogP contribution in [-0.2, 0) is 12.8 Å². The first-order valence-corrected chi connectivity index (χ1v) is 8.38. The molecule has 6 nitrogen and oxygen atoms in total. The van der Waals surface area contributed by atoms with E-state index in [0.29, 0.717) is 5.69 Å². The molecule has 1 amide bonds. The molecule has 4 rings (SSSR count). The Morgan fingerprint density at radius 1 is 1.17 bits per heavy atom. The Bertz CT molecular complexity index is 789. The minimum absolute atomic E-state index is 0.159. The van der Waals surface area contributed by atoms with Gasteiger partial charge in [0.05, 0.1) is 17.9 Å². The molecule has 0 spiro atoms. The summed E-state index contributed by atoms with van der Waals surface area (Å²) in [7, 11) is 0. The molecule has 2 unspecified atom stereocenters. The van der Waals surface area contributed by atoms with Gasteiger partial charge in [-0.3, -0.25) is 4.79 Å². The topological polar surface area (TPSA) is 78.6 Å². The van der Waals surface area contributed by atoms with Gasteiger partial charge in [-0.05, 0) is 37.8 Å². The van der Waals surface area contributed by atoms with Crippen molar-refractivity contribution in [3.63, 3.8) is 0 Å². The minimum atomic E-state index is -0.875. The third-order valence-corrected chi connectivity index (χ3v) is 5.02. The van der Waals surface area contributed by atoms with Gasteiger partial charge < -0.3 is 15.1 Å². The van der Waals surface area contributed by atoms with E-state index in [9.17, 15) is 15.0 Å². The normalized spacial score (nSPS) is 22.9. The molecule has 6 heteroatoms. The van der Waals surface area contributed by atoms with Crippen molar-refractivity contribution in [3.8, 4) is 5.69 Å². The molecule has 1 aromatic heterocycles. The van der Waals surface area contributed by atoms with Gasteiger partial charge >= 0.3 is 0 Å². The Balaban J connectivity index is 1.74. The highest BCUT2D eigenvalue weighted by Gasteiger charge is 2.36. The van der Waals surface area contributed by atoms with Crippen LogP contribution < -0.4 is 0 Å². The number of carbonyl (C=O) groups is 1. The van der Waals surface area contributed by atoms with Gasteiger partial charge in [0.2, 0.25) is 0 Å². The molecule has 0 saturated carbocycles. The quantitative estimate of drug-likeness (QED) is 0.857. The van der Waals surface area contributed by atoms with Crippen molar-refractivity contribution in [1.82, 2.24) is 14.7 Å². The Kier molecular flexibility index (Phi) is 3.66. The lowest BCUT2D eigenvalue weighted by atomic mass is 10.1. The molecule has 1 fully saturated rings. The summed E-state index contributed by atoms with van der Waals surface area (Å²) in [5, 5.41) is 24.0. The monoisotopic (exact) mass is 327 g/mol. The van der Waals surface area contributed by atoms with Crippen LogP contribution in [-0.4, -0.2) is 56.1 Å². The first-order valence-electron chi connectivity index (χ1n) is 8.38. The number of likely N-dealkylation sites (tertiary alicyclic amines) is 1. The van der Waals surface area contributed by atoms with Crippen LogP contribution in [0, 0.1) is 6.92 Å². The van der Waals surface area contributed by atoms with Gasteiger partial charge in [-0.15, -0.1) is 0 Å². The van der Waals surface area contributed by atoms with Crippen molar-refractivity contribution < 1.29 is 15.0 Å². The zero-order chi connectivity index (χ0) is 16.8. The lowest BCUT2D eigenvalue weighted by Gasteiger charge is -2.14. The number of aliphatic hydroxyl groups excluding tert-OH is 2. The lowest BCUT2D eigenvalue weighted by Crippen LogP contribution is -2.31. The van der Waals surface area contributed by atoms with Crippen LogP contribution >= 0.6 is 0 Å². The summed E-state index contributed by atoms with van der Waals surface area (Å²) >= 11 is 0. The number of para-hydroxylation sites is 1. The van der Waals surface area contributed by atoms with Crippen LogP contribution in [0.1, 0.15) is 33.7 Å². The van der Waals surface area contributed by atoms with E-state index in [1.165, 1.54) is 4.90 Å². The molecule has 1 aromatic carbocycles. The molecule has 126 valence electrons. The summed E-state index contributed by atoms with van der Waals surface area (Å²) in [4.78, 5) is 14.4. The van der Waals surface area contributed by atoms with E-state index in [1.807, 2.05) is 35.9 Å². The number of rotatable bonds is 2. The standard InChI is InChI=1S/C18H21N3O3/c1-11-5-2-3-7-13(11)21-14-8-4-6-12(14)17(19-21)18(24)20-9-15(22)16(23)10-20/h2-3,5,7,15-16,22-23H,4,6,8-10H2,1H3. The summed E-state index contributed by atoms with van der Waals surface area (Å²) in [6.45, 7) is 2.35. The summed E-state index contributed by atoms with van der Waals surface area (Å²) in [5.41, 5.74) is 4.69. The van der Waals surface area contributed by atoms with Crippen molar-refractivity contribution >= 4 is 5.91 Å². The number of aliphatic hydroxyl groups is 2. The second kappa shape index (κ2) is 5.72. The van der Waals surface area contributed by atoms with Crippen molar-refractivity contribution in [2.45, 2.75) is 38.4 Å².